The molecule has 39 heavy (non-hydrogen) atoms. The van der Waals surface area contributed by atoms with E-state index in [-0.39, 0.29) is 24.5 Å². The van der Waals surface area contributed by atoms with Gasteiger partial charge in [-0.15, -0.1) is 11.3 Å². The Morgan fingerprint density at radius 1 is 1.15 bits per heavy atom. The second-order valence-corrected chi connectivity index (χ2v) is 10.9. The van der Waals surface area contributed by atoms with Crippen molar-refractivity contribution < 1.29 is 27.1 Å². The predicted molar refractivity (Wildman–Crippen MR) is 154 cm³/mol. The molecule has 0 radical (unpaired) electrons. The maximum Gasteiger partial charge on any atom is 0.416 e. The predicted octanol–water partition coefficient (Wildman–Crippen LogP) is 7.68. The van der Waals surface area contributed by atoms with Gasteiger partial charge in [-0.05, 0) is 80.5 Å². The van der Waals surface area contributed by atoms with Crippen LogP contribution < -0.4 is 15.5 Å². The lowest BCUT2D eigenvalue weighted by atomic mass is 10.2. The van der Waals surface area contributed by atoms with Crippen molar-refractivity contribution >= 4 is 72.8 Å². The van der Waals surface area contributed by atoms with Crippen LogP contribution in [0.4, 0.5) is 28.4 Å². The van der Waals surface area contributed by atoms with Crippen LogP contribution in [0.2, 0.25) is 0 Å². The number of carbonyl (C=O) groups excluding carboxylic acids is 1. The smallest absolute Gasteiger partial charge is 0.416 e. The highest BCUT2D eigenvalue weighted by molar-refractivity contribution is 14.1. The number of nitrogens with zero attached hydrogens (tertiary/aromatic N) is 2. The Hall–Kier alpha value is -3.04. The molecule has 4 rings (SSSR count). The van der Waals surface area contributed by atoms with E-state index in [4.69, 9.17) is 4.74 Å². The van der Waals surface area contributed by atoms with Crippen LogP contribution in [0.25, 0.3) is 0 Å². The Morgan fingerprint density at radius 2 is 1.95 bits per heavy atom. The fraction of sp³-hybridized carbons (Fsp3) is 0.115. The second kappa shape index (κ2) is 12.9. The summed E-state index contributed by atoms with van der Waals surface area (Å²) in [4.78, 5) is 16.5. The number of alkyl halides is 3. The summed E-state index contributed by atoms with van der Waals surface area (Å²) in [5, 5.41) is 8.80. The number of anilines is 2. The van der Waals surface area contributed by atoms with Crippen LogP contribution in [-0.2, 0) is 24.0 Å². The average molecular weight is 733 g/mol. The topological polar surface area (TPSA) is 75.6 Å². The summed E-state index contributed by atoms with van der Waals surface area (Å²) in [7, 11) is 0. The molecule has 0 unspecified atom stereocenters. The van der Waals surface area contributed by atoms with E-state index in [2.05, 4.69) is 59.3 Å². The van der Waals surface area contributed by atoms with Gasteiger partial charge < -0.3 is 10.1 Å². The summed E-state index contributed by atoms with van der Waals surface area (Å²) in [6.45, 7) is 0.0680. The zero-order chi connectivity index (χ0) is 28.0. The zero-order valence-electron chi connectivity index (χ0n) is 19.7. The first kappa shape index (κ1) is 29.0. The Labute approximate surface area is 246 Å². The highest BCUT2D eigenvalue weighted by Gasteiger charge is 2.30. The van der Waals surface area contributed by atoms with Gasteiger partial charge in [0.25, 0.3) is 0 Å². The Balaban J connectivity index is 1.30. The number of benzene rings is 3. The van der Waals surface area contributed by atoms with Crippen molar-refractivity contribution in [1.82, 2.24) is 10.4 Å². The Morgan fingerprint density at radius 3 is 2.69 bits per heavy atom. The molecule has 1 heterocycles. The number of rotatable bonds is 9. The Kier molecular flexibility index (Phi) is 9.56. The molecule has 0 aliphatic carbocycles. The molecule has 2 N–H and O–H groups in total. The van der Waals surface area contributed by atoms with Gasteiger partial charge in [0.05, 0.1) is 31.9 Å². The first-order chi connectivity index (χ1) is 18.6. The van der Waals surface area contributed by atoms with Crippen molar-refractivity contribution in [2.24, 2.45) is 5.10 Å². The molecule has 6 nitrogen and oxygen atoms in total. The standard InChI is InChI=1S/C26H18BrF4IN4O2S/c27-20-8-15(9-22(32)24(20)38-13-16-4-1-2-7-21(16)28)12-33-36-23(37)11-19-14-39-25(35-19)34-18-6-3-5-17(10-18)26(29,30)31/h1-10,12,14H,11,13H2,(H,34,35)(H,36,37)/b33-12-. The molecule has 0 spiro atoms. The van der Waals surface area contributed by atoms with Gasteiger partial charge >= 0.3 is 6.18 Å². The fourth-order valence-corrected chi connectivity index (χ4v) is 5.78. The van der Waals surface area contributed by atoms with Gasteiger partial charge in [0.2, 0.25) is 5.91 Å². The highest BCUT2D eigenvalue weighted by atomic mass is 127. The van der Waals surface area contributed by atoms with Crippen molar-refractivity contribution in [2.75, 3.05) is 5.32 Å². The lowest BCUT2D eigenvalue weighted by Crippen LogP contribution is -2.20. The minimum absolute atomic E-state index is 0.0673. The monoisotopic (exact) mass is 732 g/mol. The minimum Gasteiger partial charge on any atom is -0.486 e. The molecule has 4 aromatic rings. The third-order valence-corrected chi connectivity index (χ3v) is 7.28. The molecule has 1 amide bonds. The van der Waals surface area contributed by atoms with Gasteiger partial charge in [0, 0.05) is 16.6 Å². The number of hydrazone groups is 1. The van der Waals surface area contributed by atoms with Gasteiger partial charge in [-0.25, -0.2) is 14.8 Å². The maximum absolute atomic E-state index is 13.9. The number of hydrogen-bond acceptors (Lipinski definition) is 6. The van der Waals surface area contributed by atoms with E-state index in [1.54, 1.807) is 35.7 Å². The molecule has 3 aromatic carbocycles. The van der Waals surface area contributed by atoms with Crippen molar-refractivity contribution in [3.05, 3.63) is 102 Å². The van der Waals surface area contributed by atoms with Crippen molar-refractivity contribution in [3.63, 3.8) is 0 Å². The van der Waals surface area contributed by atoms with Crippen LogP contribution in [-0.4, -0.2) is 17.1 Å². The summed E-state index contributed by atoms with van der Waals surface area (Å²) >= 11 is 6.71. The van der Waals surface area contributed by atoms with Crippen LogP contribution in [0.1, 0.15) is 22.4 Å². The van der Waals surface area contributed by atoms with Crippen LogP contribution >= 0.6 is 49.9 Å². The average Bonchev–Trinajstić information content (AvgIpc) is 3.30. The first-order valence-electron chi connectivity index (χ1n) is 11.1. The summed E-state index contributed by atoms with van der Waals surface area (Å²) in [5.41, 5.74) is 3.46. The SMILES string of the molecule is O=C(Cc1csc(Nc2cccc(C(F)(F)F)c2)n1)N/N=C\c1cc(Br)c(OCc2ccccc2F)c(I)c1. The molecule has 0 aliphatic rings. The molecule has 0 saturated heterocycles. The molecule has 1 aromatic heterocycles. The summed E-state index contributed by atoms with van der Waals surface area (Å²) in [5.74, 6) is -0.206. The molecule has 0 fully saturated rings. The summed E-state index contributed by atoms with van der Waals surface area (Å²) in [6.07, 6.45) is -3.05. The van der Waals surface area contributed by atoms with Gasteiger partial charge in [0.1, 0.15) is 18.2 Å². The van der Waals surface area contributed by atoms with Crippen LogP contribution in [0.5, 0.6) is 5.75 Å². The number of thiazole rings is 1. The van der Waals surface area contributed by atoms with E-state index in [0.29, 0.717) is 32.2 Å². The normalized spacial score (nSPS) is 11.5. The van der Waals surface area contributed by atoms with Crippen LogP contribution in [0, 0.1) is 9.39 Å². The number of hydrogen-bond donors (Lipinski definition) is 2. The lowest BCUT2D eigenvalue weighted by molar-refractivity contribution is -0.137. The van der Waals surface area contributed by atoms with E-state index < -0.39 is 17.6 Å². The molecule has 0 saturated carbocycles. The maximum atomic E-state index is 13.9. The lowest BCUT2D eigenvalue weighted by Gasteiger charge is -2.12. The van der Waals surface area contributed by atoms with Crippen LogP contribution in [0.15, 0.2) is 75.6 Å². The highest BCUT2D eigenvalue weighted by Crippen LogP contribution is 2.33. The number of halogens is 6. The third kappa shape index (κ3) is 8.22. The minimum atomic E-state index is -4.45. The largest absolute Gasteiger partial charge is 0.486 e. The fourth-order valence-electron chi connectivity index (χ4n) is 3.28. The number of ether oxygens (including phenoxy) is 1. The second-order valence-electron chi connectivity index (χ2n) is 8.01. The Bertz CT molecular complexity index is 1490. The van der Waals surface area contributed by atoms with E-state index in [0.717, 1.165) is 15.7 Å². The summed E-state index contributed by atoms with van der Waals surface area (Å²) < 4.78 is 59.8. The van der Waals surface area contributed by atoms with Crippen molar-refractivity contribution in [1.29, 1.82) is 0 Å². The van der Waals surface area contributed by atoms with Gasteiger partial charge in [0.15, 0.2) is 5.13 Å². The van der Waals surface area contributed by atoms with E-state index in [1.807, 2.05) is 0 Å². The zero-order valence-corrected chi connectivity index (χ0v) is 24.3. The molecule has 0 aliphatic heterocycles. The van der Waals surface area contributed by atoms with E-state index in [1.165, 1.54) is 35.8 Å². The van der Waals surface area contributed by atoms with E-state index in [9.17, 15) is 22.4 Å². The van der Waals surface area contributed by atoms with Gasteiger partial charge in [-0.2, -0.15) is 18.3 Å². The molecular weight excluding hydrogens is 715 g/mol. The third-order valence-electron chi connectivity index (χ3n) is 5.09. The van der Waals surface area contributed by atoms with Gasteiger partial charge in [-0.1, -0.05) is 24.3 Å². The van der Waals surface area contributed by atoms with Crippen molar-refractivity contribution in [2.45, 2.75) is 19.2 Å². The molecule has 202 valence electrons. The number of aromatic nitrogens is 1. The molecular formula is C26H18BrF4IN4O2S. The quantitative estimate of drug-likeness (QED) is 0.0802. The molecule has 13 heteroatoms. The van der Waals surface area contributed by atoms with Gasteiger partial charge in [-0.3, -0.25) is 4.79 Å². The number of nitrogens with one attached hydrogen (secondary N) is 2. The summed E-state index contributed by atoms with van der Waals surface area (Å²) in [6, 6.07) is 14.7. The van der Waals surface area contributed by atoms with E-state index >= 15 is 0 Å². The molecule has 0 atom stereocenters. The van der Waals surface area contributed by atoms with Crippen molar-refractivity contribution in [3.8, 4) is 5.75 Å². The first-order valence-corrected chi connectivity index (χ1v) is 13.9. The number of amides is 1. The van der Waals surface area contributed by atoms with Crippen LogP contribution in [0.3, 0.4) is 0 Å². The molecule has 0 bridgehead atoms. The number of carbonyl (C=O) groups is 1.